The fraction of sp³-hybridized carbons (Fsp3) is 0.632. The van der Waals surface area contributed by atoms with Gasteiger partial charge in [-0.25, -0.2) is 18.3 Å². The quantitative estimate of drug-likeness (QED) is 0.752. The van der Waals surface area contributed by atoms with Gasteiger partial charge >= 0.3 is 0 Å². The summed E-state index contributed by atoms with van der Waals surface area (Å²) in [4.78, 5) is 3.77. The Kier molecular flexibility index (Phi) is 5.22. The Hall–Kier alpha value is -2.09. The largest absolute Gasteiger partial charge is 0.413 e. The van der Waals surface area contributed by atoms with Gasteiger partial charge in [0.15, 0.2) is 25.6 Å². The van der Waals surface area contributed by atoms with Crippen LogP contribution in [0.5, 0.6) is 0 Å². The molecule has 1 fully saturated rings. The van der Waals surface area contributed by atoms with E-state index >= 15 is 4.39 Å². The molecule has 2 aromatic rings. The van der Waals surface area contributed by atoms with Crippen molar-refractivity contribution in [3.63, 3.8) is 0 Å². The molecular weight excluding hydrogens is 396 g/mol. The number of aromatic nitrogens is 3. The topological polar surface area (TPSA) is 98.5 Å². The zero-order valence-corrected chi connectivity index (χ0v) is 18.5. The van der Waals surface area contributed by atoms with Gasteiger partial charge in [-0.2, -0.15) is 10.4 Å². The average Bonchev–Trinajstić information content (AvgIpc) is 3.10. The Morgan fingerprint density at radius 1 is 1.45 bits per heavy atom. The van der Waals surface area contributed by atoms with Gasteiger partial charge in [0.25, 0.3) is 0 Å². The Labute approximate surface area is 169 Å². The molecule has 0 spiro atoms. The number of ether oxygens (including phenoxy) is 1. The SMILES string of the molecule is C[C@H]1[C@@H](F)[C@H](c2cc(F)c3c(N)ncnn23)O[C@]1(C#N)CO[Si](C)(C)C(C)(C)C. The maximum atomic E-state index is 15.3. The third-order valence-electron chi connectivity index (χ3n) is 6.34. The van der Waals surface area contributed by atoms with Crippen LogP contribution in [0.2, 0.25) is 18.1 Å². The number of rotatable bonds is 4. The second-order valence-corrected chi connectivity index (χ2v) is 14.0. The number of alkyl halides is 1. The van der Waals surface area contributed by atoms with Gasteiger partial charge in [-0.1, -0.05) is 27.7 Å². The number of nitrogens with two attached hydrogens (primary N) is 1. The molecule has 0 bridgehead atoms. The molecule has 1 saturated heterocycles. The molecule has 3 rings (SSSR count). The summed E-state index contributed by atoms with van der Waals surface area (Å²) in [5.41, 5.74) is 4.35. The summed E-state index contributed by atoms with van der Waals surface area (Å²) >= 11 is 0. The molecule has 0 aromatic carbocycles. The number of nitrogens with zero attached hydrogens (tertiary/aromatic N) is 4. The summed E-state index contributed by atoms with van der Waals surface area (Å²) in [5, 5.41) is 13.8. The minimum absolute atomic E-state index is 0.0436. The molecule has 0 radical (unpaired) electrons. The van der Waals surface area contributed by atoms with E-state index in [1.54, 1.807) is 6.92 Å². The van der Waals surface area contributed by atoms with Gasteiger partial charge in [-0.3, -0.25) is 0 Å². The third kappa shape index (κ3) is 3.41. The van der Waals surface area contributed by atoms with Gasteiger partial charge < -0.3 is 14.9 Å². The lowest BCUT2D eigenvalue weighted by Gasteiger charge is -2.38. The van der Waals surface area contributed by atoms with E-state index in [4.69, 9.17) is 14.9 Å². The van der Waals surface area contributed by atoms with Crippen molar-refractivity contribution in [3.05, 3.63) is 23.9 Å². The van der Waals surface area contributed by atoms with Crippen molar-refractivity contribution in [1.29, 1.82) is 5.26 Å². The Morgan fingerprint density at radius 3 is 2.69 bits per heavy atom. The normalized spacial score (nSPS) is 28.0. The van der Waals surface area contributed by atoms with Crippen LogP contribution in [0.1, 0.15) is 39.5 Å². The summed E-state index contributed by atoms with van der Waals surface area (Å²) in [5.74, 6) is -1.51. The number of nitriles is 1. The van der Waals surface area contributed by atoms with Crippen LogP contribution in [0.4, 0.5) is 14.6 Å². The van der Waals surface area contributed by atoms with Crippen LogP contribution in [-0.2, 0) is 9.16 Å². The van der Waals surface area contributed by atoms with Gasteiger partial charge in [0, 0.05) is 12.0 Å². The van der Waals surface area contributed by atoms with Crippen LogP contribution in [0, 0.1) is 23.1 Å². The highest BCUT2D eigenvalue weighted by atomic mass is 28.4. The van der Waals surface area contributed by atoms with Gasteiger partial charge in [0.2, 0.25) is 0 Å². The molecule has 0 amide bonds. The number of anilines is 1. The molecule has 0 unspecified atom stereocenters. The molecule has 0 saturated carbocycles. The average molecular weight is 424 g/mol. The first-order valence-electron chi connectivity index (χ1n) is 9.49. The van der Waals surface area contributed by atoms with Crippen molar-refractivity contribution in [2.75, 3.05) is 12.3 Å². The first-order chi connectivity index (χ1) is 13.3. The molecule has 2 aromatic heterocycles. The molecule has 1 aliphatic heterocycles. The highest BCUT2D eigenvalue weighted by Gasteiger charge is 2.56. The molecule has 29 heavy (non-hydrogen) atoms. The minimum atomic E-state index is -2.19. The number of hydrogen-bond donors (Lipinski definition) is 1. The summed E-state index contributed by atoms with van der Waals surface area (Å²) in [6.45, 7) is 11.9. The molecule has 0 aliphatic carbocycles. The molecule has 10 heteroatoms. The molecule has 4 atom stereocenters. The molecule has 3 heterocycles. The van der Waals surface area contributed by atoms with Gasteiger partial charge in [-0.15, -0.1) is 0 Å². The second-order valence-electron chi connectivity index (χ2n) is 9.14. The summed E-state index contributed by atoms with van der Waals surface area (Å²) in [6.07, 6.45) is -1.57. The van der Waals surface area contributed by atoms with Crippen LogP contribution >= 0.6 is 0 Å². The van der Waals surface area contributed by atoms with E-state index in [2.05, 4.69) is 50.0 Å². The zero-order valence-electron chi connectivity index (χ0n) is 17.5. The highest BCUT2D eigenvalue weighted by Crippen LogP contribution is 2.47. The lowest BCUT2D eigenvalue weighted by atomic mass is 9.88. The molecular formula is C19H27F2N5O2Si. The lowest BCUT2D eigenvalue weighted by molar-refractivity contribution is -0.0508. The van der Waals surface area contributed by atoms with Crippen LogP contribution in [-0.4, -0.2) is 41.3 Å². The summed E-state index contributed by atoms with van der Waals surface area (Å²) in [6, 6.07) is 3.25. The molecule has 7 nitrogen and oxygen atoms in total. The summed E-state index contributed by atoms with van der Waals surface area (Å²) in [7, 11) is -2.19. The van der Waals surface area contributed by atoms with Crippen LogP contribution in [0.3, 0.4) is 0 Å². The van der Waals surface area contributed by atoms with Crippen molar-refractivity contribution < 1.29 is 17.9 Å². The zero-order chi connectivity index (χ0) is 21.8. The van der Waals surface area contributed by atoms with Crippen molar-refractivity contribution in [1.82, 2.24) is 14.6 Å². The van der Waals surface area contributed by atoms with Crippen LogP contribution < -0.4 is 5.73 Å². The Balaban J connectivity index is 1.96. The lowest BCUT2D eigenvalue weighted by Crippen LogP contribution is -2.48. The van der Waals surface area contributed by atoms with Gasteiger partial charge in [-0.05, 0) is 18.1 Å². The van der Waals surface area contributed by atoms with Crippen molar-refractivity contribution in [3.8, 4) is 6.07 Å². The molecule has 158 valence electrons. The number of hydrogen-bond acceptors (Lipinski definition) is 6. The fourth-order valence-electron chi connectivity index (χ4n) is 3.22. The van der Waals surface area contributed by atoms with Crippen molar-refractivity contribution in [2.24, 2.45) is 5.92 Å². The summed E-state index contributed by atoms with van der Waals surface area (Å²) < 4.78 is 43.0. The predicted octanol–water partition coefficient (Wildman–Crippen LogP) is 3.78. The number of halogens is 2. The van der Waals surface area contributed by atoms with Crippen molar-refractivity contribution >= 4 is 19.7 Å². The van der Waals surface area contributed by atoms with Crippen LogP contribution in [0.25, 0.3) is 5.52 Å². The van der Waals surface area contributed by atoms with E-state index in [0.717, 1.165) is 12.4 Å². The van der Waals surface area contributed by atoms with E-state index in [1.807, 2.05) is 0 Å². The third-order valence-corrected chi connectivity index (χ3v) is 10.8. The number of fused-ring (bicyclic) bond motifs is 1. The van der Waals surface area contributed by atoms with Gasteiger partial charge in [0.1, 0.15) is 30.2 Å². The highest BCUT2D eigenvalue weighted by molar-refractivity contribution is 6.74. The second kappa shape index (κ2) is 7.00. The van der Waals surface area contributed by atoms with E-state index in [1.165, 1.54) is 4.52 Å². The van der Waals surface area contributed by atoms with Crippen LogP contribution in [0.15, 0.2) is 12.4 Å². The standard InChI is InChI=1S/C19H27F2N5O2Si/c1-11-14(21)16(13-7-12(20)15-17(23)24-10-25-26(13)15)28-19(11,8-22)9-27-29(5,6)18(2,3)4/h7,10-11,14,16H,9H2,1-6H3,(H2,23,24,25)/t11-,14+,16-,19+/m0/s1. The fourth-order valence-corrected chi connectivity index (χ4v) is 4.23. The smallest absolute Gasteiger partial charge is 0.192 e. The van der Waals surface area contributed by atoms with E-state index in [0.29, 0.717) is 0 Å². The first kappa shape index (κ1) is 21.6. The van der Waals surface area contributed by atoms with Crippen molar-refractivity contribution in [2.45, 2.75) is 63.7 Å². The maximum Gasteiger partial charge on any atom is 0.192 e. The molecule has 2 N–H and O–H groups in total. The molecule has 1 aliphatic rings. The van der Waals surface area contributed by atoms with E-state index in [9.17, 15) is 9.65 Å². The monoisotopic (exact) mass is 423 g/mol. The van der Waals surface area contributed by atoms with E-state index < -0.39 is 37.9 Å². The predicted molar refractivity (Wildman–Crippen MR) is 107 cm³/mol. The Bertz CT molecular complexity index is 968. The maximum absolute atomic E-state index is 15.3. The van der Waals surface area contributed by atoms with E-state index in [-0.39, 0.29) is 28.7 Å². The Morgan fingerprint density at radius 2 is 2.10 bits per heavy atom. The first-order valence-corrected chi connectivity index (χ1v) is 12.4. The van der Waals surface area contributed by atoms with Gasteiger partial charge in [0.05, 0.1) is 12.3 Å². The minimum Gasteiger partial charge on any atom is -0.413 e. The number of nitrogen functional groups attached to an aromatic ring is 1.